The lowest BCUT2D eigenvalue weighted by Crippen LogP contribution is -2.23. The molecule has 1 aliphatic heterocycles. The van der Waals surface area contributed by atoms with Crippen LogP contribution >= 0.6 is 0 Å². The van der Waals surface area contributed by atoms with E-state index in [1.54, 1.807) is 0 Å². The Morgan fingerprint density at radius 2 is 2.04 bits per heavy atom. The average Bonchev–Trinajstić information content (AvgIpc) is 3.32. The van der Waals surface area contributed by atoms with E-state index in [0.717, 1.165) is 31.0 Å². The maximum Gasteiger partial charge on any atom is 0.247 e. The third-order valence-electron chi connectivity index (χ3n) is 4.73. The van der Waals surface area contributed by atoms with Crippen molar-refractivity contribution in [1.82, 2.24) is 20.1 Å². The summed E-state index contributed by atoms with van der Waals surface area (Å²) in [5.74, 6) is 2.81. The predicted molar refractivity (Wildman–Crippen MR) is 101 cm³/mol. The van der Waals surface area contributed by atoms with Crippen molar-refractivity contribution in [2.45, 2.75) is 19.9 Å². The lowest BCUT2D eigenvalue weighted by atomic mass is 10.1. The van der Waals surface area contributed by atoms with Gasteiger partial charge in [-0.1, -0.05) is 23.8 Å². The lowest BCUT2D eigenvalue weighted by molar-refractivity contribution is 0.283. The minimum Gasteiger partial charge on any atom is -0.419 e. The standard InChI is InChI=1S/C20H23N5O/c1-15-5-7-17(8-6-15)20-24-23-19(26-20)14-25-11-9-16(13-25)12-22-18-4-2-3-10-21-18/h2-8,10,16H,9,11-14H2,1H3,(H,21,22)/t16-/m0/s1. The highest BCUT2D eigenvalue weighted by atomic mass is 16.4. The van der Waals surface area contributed by atoms with Gasteiger partial charge in [0.25, 0.3) is 0 Å². The molecular weight excluding hydrogens is 326 g/mol. The van der Waals surface area contributed by atoms with Crippen molar-refractivity contribution in [3.63, 3.8) is 0 Å². The first-order chi connectivity index (χ1) is 12.8. The smallest absolute Gasteiger partial charge is 0.247 e. The van der Waals surface area contributed by atoms with Gasteiger partial charge in [0, 0.05) is 24.8 Å². The quantitative estimate of drug-likeness (QED) is 0.736. The van der Waals surface area contributed by atoms with Gasteiger partial charge in [0.2, 0.25) is 11.8 Å². The first kappa shape index (κ1) is 16.7. The Labute approximate surface area is 153 Å². The van der Waals surface area contributed by atoms with E-state index in [-0.39, 0.29) is 0 Å². The van der Waals surface area contributed by atoms with Crippen molar-refractivity contribution in [2.24, 2.45) is 5.92 Å². The maximum atomic E-state index is 5.85. The Morgan fingerprint density at radius 3 is 2.85 bits per heavy atom. The Kier molecular flexibility index (Phi) is 4.93. The summed E-state index contributed by atoms with van der Waals surface area (Å²) in [5, 5.41) is 11.8. The van der Waals surface area contributed by atoms with Gasteiger partial charge in [-0.25, -0.2) is 4.98 Å². The minimum absolute atomic E-state index is 0.590. The Morgan fingerprint density at radius 1 is 1.15 bits per heavy atom. The van der Waals surface area contributed by atoms with Crippen molar-refractivity contribution in [3.05, 3.63) is 60.1 Å². The zero-order valence-electron chi connectivity index (χ0n) is 14.9. The van der Waals surface area contributed by atoms with Crippen LogP contribution in [0.5, 0.6) is 0 Å². The summed E-state index contributed by atoms with van der Waals surface area (Å²) in [6, 6.07) is 14.1. The molecule has 1 aliphatic rings. The predicted octanol–water partition coefficient (Wildman–Crippen LogP) is 3.37. The second-order valence-corrected chi connectivity index (χ2v) is 6.85. The van der Waals surface area contributed by atoms with E-state index in [4.69, 9.17) is 4.42 Å². The van der Waals surface area contributed by atoms with Crippen LogP contribution in [0.3, 0.4) is 0 Å². The zero-order valence-corrected chi connectivity index (χ0v) is 14.9. The molecule has 0 saturated carbocycles. The molecule has 6 nitrogen and oxygen atoms in total. The van der Waals surface area contributed by atoms with Crippen LogP contribution in [0.25, 0.3) is 11.5 Å². The molecular formula is C20H23N5O. The Bertz CT molecular complexity index is 831. The van der Waals surface area contributed by atoms with Crippen molar-refractivity contribution < 1.29 is 4.42 Å². The van der Waals surface area contributed by atoms with Crippen LogP contribution in [0.1, 0.15) is 17.9 Å². The van der Waals surface area contributed by atoms with Gasteiger partial charge in [0.15, 0.2) is 0 Å². The molecule has 1 atom stereocenters. The number of nitrogens with one attached hydrogen (secondary N) is 1. The summed E-state index contributed by atoms with van der Waals surface area (Å²) >= 11 is 0. The summed E-state index contributed by atoms with van der Waals surface area (Å²) in [6.45, 7) is 5.79. The van der Waals surface area contributed by atoms with Gasteiger partial charge < -0.3 is 9.73 Å². The number of likely N-dealkylation sites (tertiary alicyclic amines) is 1. The molecule has 0 bridgehead atoms. The van der Waals surface area contributed by atoms with Crippen molar-refractivity contribution in [3.8, 4) is 11.5 Å². The molecule has 0 radical (unpaired) electrons. The molecule has 3 aromatic rings. The molecule has 1 aromatic carbocycles. The topological polar surface area (TPSA) is 67.1 Å². The van der Waals surface area contributed by atoms with E-state index in [0.29, 0.717) is 24.2 Å². The SMILES string of the molecule is Cc1ccc(-c2nnc(CN3CC[C@@H](CNc4ccccn4)C3)o2)cc1. The van der Waals surface area contributed by atoms with Gasteiger partial charge in [-0.2, -0.15) is 0 Å². The number of hydrogen-bond donors (Lipinski definition) is 1. The number of hydrogen-bond acceptors (Lipinski definition) is 6. The van der Waals surface area contributed by atoms with Gasteiger partial charge in [-0.15, -0.1) is 10.2 Å². The van der Waals surface area contributed by atoms with Crippen molar-refractivity contribution in [2.75, 3.05) is 25.0 Å². The average molecular weight is 349 g/mol. The Balaban J connectivity index is 1.29. The number of nitrogens with zero attached hydrogens (tertiary/aromatic N) is 4. The first-order valence-corrected chi connectivity index (χ1v) is 9.03. The summed E-state index contributed by atoms with van der Waals surface area (Å²) in [4.78, 5) is 6.68. The highest BCUT2D eigenvalue weighted by Gasteiger charge is 2.24. The second-order valence-electron chi connectivity index (χ2n) is 6.85. The molecule has 1 N–H and O–H groups in total. The van der Waals surface area contributed by atoms with Crippen LogP contribution in [0.2, 0.25) is 0 Å². The van der Waals surface area contributed by atoms with E-state index in [1.807, 2.05) is 36.5 Å². The normalized spacial score (nSPS) is 17.5. The van der Waals surface area contributed by atoms with Crippen molar-refractivity contribution in [1.29, 1.82) is 0 Å². The third-order valence-corrected chi connectivity index (χ3v) is 4.73. The third kappa shape index (κ3) is 4.08. The molecule has 1 fully saturated rings. The van der Waals surface area contributed by atoms with E-state index < -0.39 is 0 Å². The highest BCUT2D eigenvalue weighted by molar-refractivity contribution is 5.52. The molecule has 0 amide bonds. The summed E-state index contributed by atoms with van der Waals surface area (Å²) in [7, 11) is 0. The molecule has 4 rings (SSSR count). The van der Waals surface area contributed by atoms with Crippen LogP contribution in [-0.2, 0) is 6.54 Å². The fraction of sp³-hybridized carbons (Fsp3) is 0.350. The molecule has 26 heavy (non-hydrogen) atoms. The number of aryl methyl sites for hydroxylation is 1. The van der Waals surface area contributed by atoms with Gasteiger partial charge in [-0.05, 0) is 50.1 Å². The number of benzene rings is 1. The number of aromatic nitrogens is 3. The largest absolute Gasteiger partial charge is 0.419 e. The zero-order chi connectivity index (χ0) is 17.8. The summed E-state index contributed by atoms with van der Waals surface area (Å²) in [6.07, 6.45) is 2.98. The van der Waals surface area contributed by atoms with Crippen molar-refractivity contribution >= 4 is 5.82 Å². The summed E-state index contributed by atoms with van der Waals surface area (Å²) in [5.41, 5.74) is 2.18. The maximum absolute atomic E-state index is 5.85. The number of anilines is 1. The molecule has 0 unspecified atom stereocenters. The van der Waals surface area contributed by atoms with Gasteiger partial charge in [0.1, 0.15) is 5.82 Å². The fourth-order valence-corrected chi connectivity index (χ4v) is 3.26. The van der Waals surface area contributed by atoms with Crippen LogP contribution in [0, 0.1) is 12.8 Å². The fourth-order valence-electron chi connectivity index (χ4n) is 3.26. The van der Waals surface area contributed by atoms with E-state index in [1.165, 1.54) is 12.0 Å². The number of pyridine rings is 1. The molecule has 0 spiro atoms. The molecule has 3 heterocycles. The molecule has 6 heteroatoms. The first-order valence-electron chi connectivity index (χ1n) is 9.03. The van der Waals surface area contributed by atoms with Crippen LogP contribution in [-0.4, -0.2) is 39.7 Å². The molecule has 134 valence electrons. The van der Waals surface area contributed by atoms with E-state index in [2.05, 4.69) is 44.5 Å². The van der Waals surface area contributed by atoms with E-state index in [9.17, 15) is 0 Å². The summed E-state index contributed by atoms with van der Waals surface area (Å²) < 4.78 is 5.85. The van der Waals surface area contributed by atoms with Gasteiger partial charge >= 0.3 is 0 Å². The lowest BCUT2D eigenvalue weighted by Gasteiger charge is -2.14. The number of rotatable bonds is 6. The van der Waals surface area contributed by atoms with Crippen LogP contribution in [0.4, 0.5) is 5.82 Å². The molecule has 2 aromatic heterocycles. The van der Waals surface area contributed by atoms with Crippen LogP contribution in [0.15, 0.2) is 53.1 Å². The monoisotopic (exact) mass is 349 g/mol. The second kappa shape index (κ2) is 7.66. The molecule has 1 saturated heterocycles. The highest BCUT2D eigenvalue weighted by Crippen LogP contribution is 2.22. The van der Waals surface area contributed by atoms with Gasteiger partial charge in [0.05, 0.1) is 6.54 Å². The Hall–Kier alpha value is -2.73. The van der Waals surface area contributed by atoms with Crippen LogP contribution < -0.4 is 5.32 Å². The van der Waals surface area contributed by atoms with E-state index >= 15 is 0 Å². The van der Waals surface area contributed by atoms with Gasteiger partial charge in [-0.3, -0.25) is 4.90 Å². The molecule has 0 aliphatic carbocycles. The minimum atomic E-state index is 0.590.